The van der Waals surface area contributed by atoms with Gasteiger partial charge in [0.1, 0.15) is 5.52 Å². The largest absolute Gasteiger partial charge is 0.276 e. The van der Waals surface area contributed by atoms with E-state index in [-0.39, 0.29) is 5.56 Å². The van der Waals surface area contributed by atoms with Crippen molar-refractivity contribution in [2.75, 3.05) is 0 Å². The molecular weight excluding hydrogens is 374 g/mol. The van der Waals surface area contributed by atoms with Crippen LogP contribution in [0.3, 0.4) is 0 Å². The van der Waals surface area contributed by atoms with Crippen LogP contribution in [-0.2, 0) is 0 Å². The van der Waals surface area contributed by atoms with Crippen molar-refractivity contribution in [3.63, 3.8) is 0 Å². The molecule has 3 heterocycles. The van der Waals surface area contributed by atoms with Crippen LogP contribution in [0, 0.1) is 0 Å². The molecule has 0 unspecified atom stereocenters. The van der Waals surface area contributed by atoms with E-state index in [1.807, 2.05) is 54.6 Å². The number of halogens is 1. The Morgan fingerprint density at radius 1 is 1.22 bits per heavy atom. The van der Waals surface area contributed by atoms with E-state index in [1.165, 1.54) is 11.3 Å². The van der Waals surface area contributed by atoms with E-state index in [0.717, 1.165) is 10.0 Å². The molecule has 0 amide bonds. The molecule has 0 saturated carbocycles. The van der Waals surface area contributed by atoms with Crippen LogP contribution < -0.4 is 10.1 Å². The number of hydrogen-bond donors (Lipinski definition) is 0. The maximum atomic E-state index is 12.5. The molecule has 0 atom stereocenters. The molecule has 0 spiro atoms. The lowest BCUT2D eigenvalue weighted by molar-refractivity contribution is 1.15. The first-order valence-corrected chi connectivity index (χ1v) is 8.53. The third-order valence-electron chi connectivity index (χ3n) is 3.38. The van der Waals surface area contributed by atoms with Gasteiger partial charge in [0.15, 0.2) is 10.6 Å². The summed E-state index contributed by atoms with van der Waals surface area (Å²) in [5.41, 5.74) is 2.32. The lowest BCUT2D eigenvalue weighted by atomic mass is 10.2. The third-order valence-corrected chi connectivity index (χ3v) is 4.80. The van der Waals surface area contributed by atoms with Gasteiger partial charge in [0.2, 0.25) is 0 Å². The highest BCUT2D eigenvalue weighted by atomic mass is 79.9. The summed E-state index contributed by atoms with van der Waals surface area (Å²) in [5.74, 6) is 0. The van der Waals surface area contributed by atoms with Crippen molar-refractivity contribution in [3.05, 3.63) is 73.6 Å². The van der Waals surface area contributed by atoms with Crippen LogP contribution in [0.1, 0.15) is 5.56 Å². The van der Waals surface area contributed by atoms with Gasteiger partial charge >= 0.3 is 0 Å². The van der Waals surface area contributed by atoms with Crippen molar-refractivity contribution < 1.29 is 0 Å². The zero-order chi connectivity index (χ0) is 15.8. The number of thiazole rings is 1. The first-order chi connectivity index (χ1) is 11.2. The van der Waals surface area contributed by atoms with Crippen LogP contribution in [0.2, 0.25) is 0 Å². The van der Waals surface area contributed by atoms with Gasteiger partial charge in [0, 0.05) is 10.7 Å². The summed E-state index contributed by atoms with van der Waals surface area (Å²) < 4.78 is 3.06. The second-order valence-electron chi connectivity index (χ2n) is 4.93. The topological polar surface area (TPSA) is 47.3 Å². The molecule has 112 valence electrons. The van der Waals surface area contributed by atoms with Crippen LogP contribution >= 0.6 is 27.3 Å². The molecule has 1 aromatic carbocycles. The van der Waals surface area contributed by atoms with E-state index < -0.39 is 0 Å². The molecule has 0 aliphatic rings. The average Bonchev–Trinajstić information content (AvgIpc) is 3.05. The molecule has 23 heavy (non-hydrogen) atoms. The van der Waals surface area contributed by atoms with Gasteiger partial charge < -0.3 is 0 Å². The molecule has 3 aromatic heterocycles. The van der Waals surface area contributed by atoms with E-state index in [0.29, 0.717) is 20.7 Å². The minimum absolute atomic E-state index is 0.0833. The molecule has 4 rings (SSSR count). The molecule has 0 saturated heterocycles. The van der Waals surface area contributed by atoms with E-state index in [1.54, 1.807) is 10.6 Å². The number of allylic oxidation sites excluding steroid dienone is 1. The van der Waals surface area contributed by atoms with Gasteiger partial charge in [0.05, 0.1) is 4.53 Å². The first kappa shape index (κ1) is 14.3. The monoisotopic (exact) mass is 383 g/mol. The summed E-state index contributed by atoms with van der Waals surface area (Å²) in [7, 11) is 0. The summed E-state index contributed by atoms with van der Waals surface area (Å²) in [6.07, 6.45) is 7.34. The van der Waals surface area contributed by atoms with Gasteiger partial charge in [-0.2, -0.15) is 0 Å². The van der Waals surface area contributed by atoms with Crippen LogP contribution in [0.5, 0.6) is 0 Å². The Balaban J connectivity index is 1.82. The van der Waals surface area contributed by atoms with Crippen molar-refractivity contribution in [3.8, 4) is 0 Å². The van der Waals surface area contributed by atoms with E-state index >= 15 is 0 Å². The molecule has 4 aromatic rings. The lowest BCUT2D eigenvalue weighted by Crippen LogP contribution is -2.22. The third kappa shape index (κ3) is 2.60. The fourth-order valence-corrected chi connectivity index (χ4v) is 3.59. The minimum atomic E-state index is -0.0833. The predicted molar refractivity (Wildman–Crippen MR) is 97.5 cm³/mol. The number of benzene rings is 1. The van der Waals surface area contributed by atoms with Gasteiger partial charge in [-0.15, -0.1) is 0 Å². The van der Waals surface area contributed by atoms with E-state index in [4.69, 9.17) is 0 Å². The second kappa shape index (κ2) is 5.72. The maximum Gasteiger partial charge on any atom is 0.276 e. The molecular formula is C17H10BrN3OS. The zero-order valence-corrected chi connectivity index (χ0v) is 14.2. The highest BCUT2D eigenvalue weighted by Gasteiger charge is 2.11. The number of pyridine rings is 1. The molecule has 0 fully saturated rings. The molecule has 0 aliphatic carbocycles. The Hall–Kier alpha value is -2.31. The fourth-order valence-electron chi connectivity index (χ4n) is 2.34. The van der Waals surface area contributed by atoms with Crippen molar-refractivity contribution in [1.82, 2.24) is 14.4 Å². The fraction of sp³-hybridized carbons (Fsp3) is 0. The van der Waals surface area contributed by atoms with Gasteiger partial charge in [-0.1, -0.05) is 53.8 Å². The number of hydrogen-bond acceptors (Lipinski definition) is 4. The van der Waals surface area contributed by atoms with Gasteiger partial charge in [0.25, 0.3) is 5.56 Å². The summed E-state index contributed by atoms with van der Waals surface area (Å²) >= 11 is 4.73. The Kier molecular flexibility index (Phi) is 3.55. The summed E-state index contributed by atoms with van der Waals surface area (Å²) in [6.45, 7) is 0. The van der Waals surface area contributed by atoms with Crippen LogP contribution in [-0.4, -0.2) is 14.4 Å². The number of aromatic nitrogens is 3. The van der Waals surface area contributed by atoms with Gasteiger partial charge in [-0.3, -0.25) is 4.79 Å². The van der Waals surface area contributed by atoms with Crippen molar-refractivity contribution in [2.24, 2.45) is 0 Å². The average molecular weight is 384 g/mol. The number of fused-ring (bicyclic) bond motifs is 3. The smallest absolute Gasteiger partial charge is 0.267 e. The van der Waals surface area contributed by atoms with Crippen LogP contribution in [0.25, 0.3) is 28.3 Å². The Morgan fingerprint density at radius 3 is 2.87 bits per heavy atom. The molecule has 6 heteroatoms. The molecule has 0 bridgehead atoms. The molecule has 0 aliphatic heterocycles. The second-order valence-corrected chi connectivity index (χ2v) is 6.86. The summed E-state index contributed by atoms with van der Waals surface area (Å²) in [6, 6.07) is 11.8. The number of imidazole rings is 1. The molecule has 4 nitrogen and oxygen atoms in total. The SMILES string of the molecule is O=c1/c(=C/C=C/c2ccccc2)sc2nc3cc(Br)cnc3n12. The van der Waals surface area contributed by atoms with Crippen molar-refractivity contribution in [1.29, 1.82) is 0 Å². The van der Waals surface area contributed by atoms with Gasteiger partial charge in [-0.05, 0) is 33.6 Å². The Morgan fingerprint density at radius 2 is 2.04 bits per heavy atom. The van der Waals surface area contributed by atoms with Crippen molar-refractivity contribution >= 4 is 55.5 Å². The lowest BCUT2D eigenvalue weighted by Gasteiger charge is -1.89. The van der Waals surface area contributed by atoms with Crippen LogP contribution in [0.15, 0.2) is 57.9 Å². The molecule has 0 radical (unpaired) electrons. The van der Waals surface area contributed by atoms with Crippen molar-refractivity contribution in [2.45, 2.75) is 0 Å². The van der Waals surface area contributed by atoms with E-state index in [9.17, 15) is 4.79 Å². The summed E-state index contributed by atoms with van der Waals surface area (Å²) in [4.78, 5) is 22.0. The minimum Gasteiger partial charge on any atom is -0.267 e. The Labute approximate surface area is 143 Å². The summed E-state index contributed by atoms with van der Waals surface area (Å²) in [5, 5.41) is 0. The van der Waals surface area contributed by atoms with Crippen LogP contribution in [0.4, 0.5) is 0 Å². The highest BCUT2D eigenvalue weighted by molar-refractivity contribution is 9.10. The predicted octanol–water partition coefficient (Wildman–Crippen LogP) is 3.28. The molecule has 0 N–H and O–H groups in total. The van der Waals surface area contributed by atoms with E-state index in [2.05, 4.69) is 25.9 Å². The number of rotatable bonds is 2. The Bertz CT molecular complexity index is 1150. The number of nitrogens with zero attached hydrogens (tertiary/aromatic N) is 3. The quantitative estimate of drug-likeness (QED) is 0.533. The maximum absolute atomic E-state index is 12.5. The first-order valence-electron chi connectivity index (χ1n) is 6.92. The standard InChI is InChI=1S/C17H10BrN3OS/c18-12-9-13-15(19-10-12)21-16(22)14(23-17(21)20-13)8-4-7-11-5-2-1-3-6-11/h1-10H/b7-4+,14-8-. The highest BCUT2D eigenvalue weighted by Crippen LogP contribution is 2.18. The normalized spacial score (nSPS) is 12.8. The zero-order valence-electron chi connectivity index (χ0n) is 11.8. The van der Waals surface area contributed by atoms with Gasteiger partial charge in [-0.25, -0.2) is 14.4 Å².